The molecule has 0 bridgehead atoms. The van der Waals surface area contributed by atoms with Gasteiger partial charge in [0.15, 0.2) is 0 Å². The van der Waals surface area contributed by atoms with Gasteiger partial charge in [0.1, 0.15) is 0 Å². The number of benzene rings is 1. The van der Waals surface area contributed by atoms with E-state index in [9.17, 15) is 10.1 Å². The van der Waals surface area contributed by atoms with E-state index in [4.69, 9.17) is 16.3 Å². The second-order valence-electron chi connectivity index (χ2n) is 4.52. The maximum absolute atomic E-state index is 12.1. The fraction of sp³-hybridized carbons (Fsp3) is 0.200. The molecule has 6 heteroatoms. The fourth-order valence-corrected chi connectivity index (χ4v) is 2.87. The Bertz CT molecular complexity index is 704. The lowest BCUT2D eigenvalue weighted by Gasteiger charge is -2.27. The largest absolute Gasteiger partial charge is 0.466 e. The molecule has 0 saturated carbocycles. The van der Waals surface area contributed by atoms with Crippen LogP contribution in [0.3, 0.4) is 0 Å². The van der Waals surface area contributed by atoms with Crippen molar-refractivity contribution in [1.82, 2.24) is 5.32 Å². The first kappa shape index (κ1) is 15.5. The third-order valence-electron chi connectivity index (χ3n) is 3.25. The highest BCUT2D eigenvalue weighted by atomic mass is 35.5. The Labute approximate surface area is 133 Å². The Morgan fingerprint density at radius 2 is 2.24 bits per heavy atom. The lowest BCUT2D eigenvalue weighted by atomic mass is 9.82. The zero-order valence-electron chi connectivity index (χ0n) is 11.5. The van der Waals surface area contributed by atoms with Crippen LogP contribution >= 0.6 is 24.2 Å². The number of nitrogens with zero attached hydrogens (tertiary/aromatic N) is 1. The maximum Gasteiger partial charge on any atom is 0.336 e. The summed E-state index contributed by atoms with van der Waals surface area (Å²) in [4.78, 5) is 12.1. The molecular formula is C15H13ClN2O2S. The Morgan fingerprint density at radius 1 is 1.52 bits per heavy atom. The summed E-state index contributed by atoms with van der Waals surface area (Å²) in [5.74, 6) is -1.03. The minimum absolute atomic E-state index is 0.353. The van der Waals surface area contributed by atoms with Gasteiger partial charge in [-0.3, -0.25) is 0 Å². The number of methoxy groups -OCH3 is 1. The molecular weight excluding hydrogens is 308 g/mol. The van der Waals surface area contributed by atoms with Crippen molar-refractivity contribution in [1.29, 1.82) is 5.26 Å². The number of ether oxygens (including phenoxy) is 1. The van der Waals surface area contributed by atoms with Crippen LogP contribution in [0, 0.1) is 11.3 Å². The zero-order valence-corrected chi connectivity index (χ0v) is 13.1. The maximum atomic E-state index is 12.1. The van der Waals surface area contributed by atoms with E-state index in [1.807, 2.05) is 6.07 Å². The first-order valence-electron chi connectivity index (χ1n) is 6.14. The molecule has 1 heterocycles. The number of nitrogens with one attached hydrogen (secondary N) is 1. The summed E-state index contributed by atoms with van der Waals surface area (Å²) < 4.78 is 4.84. The molecule has 4 nitrogen and oxygen atoms in total. The van der Waals surface area contributed by atoms with Crippen LogP contribution < -0.4 is 5.32 Å². The third kappa shape index (κ3) is 2.92. The molecule has 0 aromatic heterocycles. The SMILES string of the molecule is COC(=O)C1=C(C)NC(S)=C(C#N)[C@@H]1c1cccc(Cl)c1. The molecule has 0 unspecified atom stereocenters. The van der Waals surface area contributed by atoms with E-state index in [1.54, 1.807) is 25.1 Å². The van der Waals surface area contributed by atoms with E-state index in [0.29, 0.717) is 26.9 Å². The van der Waals surface area contributed by atoms with Gasteiger partial charge in [0.05, 0.1) is 35.3 Å². The Hall–Kier alpha value is -1.90. The lowest BCUT2D eigenvalue weighted by molar-refractivity contribution is -0.136. The van der Waals surface area contributed by atoms with E-state index >= 15 is 0 Å². The molecule has 2 rings (SSSR count). The monoisotopic (exact) mass is 320 g/mol. The highest BCUT2D eigenvalue weighted by Gasteiger charge is 2.34. The van der Waals surface area contributed by atoms with Crippen molar-refractivity contribution in [2.24, 2.45) is 0 Å². The van der Waals surface area contributed by atoms with Crippen molar-refractivity contribution < 1.29 is 9.53 Å². The molecule has 1 aromatic carbocycles. The number of thiol groups is 1. The third-order valence-corrected chi connectivity index (χ3v) is 3.84. The van der Waals surface area contributed by atoms with Crippen LogP contribution in [0.2, 0.25) is 5.02 Å². The van der Waals surface area contributed by atoms with Crippen LogP contribution in [0.15, 0.2) is 46.1 Å². The summed E-state index contributed by atoms with van der Waals surface area (Å²) in [5.41, 5.74) is 2.09. The van der Waals surface area contributed by atoms with E-state index in [2.05, 4.69) is 24.0 Å². The molecule has 21 heavy (non-hydrogen) atoms. The predicted molar refractivity (Wildman–Crippen MR) is 83.7 cm³/mol. The molecule has 1 atom stereocenters. The Morgan fingerprint density at radius 3 is 2.81 bits per heavy atom. The van der Waals surface area contributed by atoms with Crippen molar-refractivity contribution in [3.05, 3.63) is 56.7 Å². The van der Waals surface area contributed by atoms with Crippen LogP contribution in [0.25, 0.3) is 0 Å². The van der Waals surface area contributed by atoms with Crippen LogP contribution in [0.4, 0.5) is 0 Å². The Kier molecular flexibility index (Phi) is 4.61. The summed E-state index contributed by atoms with van der Waals surface area (Å²) in [6.07, 6.45) is 0. The number of rotatable bonds is 2. The van der Waals surface area contributed by atoms with Gasteiger partial charge in [-0.05, 0) is 24.6 Å². The van der Waals surface area contributed by atoms with Crippen molar-refractivity contribution >= 4 is 30.2 Å². The zero-order chi connectivity index (χ0) is 15.6. The number of hydrogen-bond donors (Lipinski definition) is 2. The molecule has 0 aliphatic carbocycles. The molecule has 1 aromatic rings. The number of esters is 1. The smallest absolute Gasteiger partial charge is 0.336 e. The average Bonchev–Trinajstić information content (AvgIpc) is 2.45. The lowest BCUT2D eigenvalue weighted by Crippen LogP contribution is -2.27. The summed E-state index contributed by atoms with van der Waals surface area (Å²) in [7, 11) is 1.31. The van der Waals surface area contributed by atoms with Gasteiger partial charge in [-0.15, -0.1) is 12.6 Å². The molecule has 1 aliphatic rings. The van der Waals surface area contributed by atoms with Crippen LogP contribution in [-0.4, -0.2) is 13.1 Å². The van der Waals surface area contributed by atoms with Gasteiger partial charge in [-0.2, -0.15) is 5.26 Å². The van der Waals surface area contributed by atoms with Gasteiger partial charge < -0.3 is 10.1 Å². The standard InChI is InChI=1S/C15H13ClN2O2S/c1-8-12(15(19)20-2)13(11(7-17)14(21)18-8)9-4-3-5-10(16)6-9/h3-6,13,18,21H,1-2H3/t13-/m0/s1. The number of carbonyl (C=O) groups excluding carboxylic acids is 1. The second kappa shape index (κ2) is 6.25. The first-order valence-corrected chi connectivity index (χ1v) is 6.97. The quantitative estimate of drug-likeness (QED) is 0.649. The van der Waals surface area contributed by atoms with E-state index in [1.165, 1.54) is 7.11 Å². The van der Waals surface area contributed by atoms with Crippen LogP contribution in [0.5, 0.6) is 0 Å². The van der Waals surface area contributed by atoms with Gasteiger partial charge in [-0.1, -0.05) is 23.7 Å². The predicted octanol–water partition coefficient (Wildman–Crippen LogP) is 3.14. The summed E-state index contributed by atoms with van der Waals surface area (Å²) in [5, 5.41) is 13.3. The number of nitriles is 1. The van der Waals surface area contributed by atoms with Crippen LogP contribution in [0.1, 0.15) is 18.4 Å². The van der Waals surface area contributed by atoms with Gasteiger partial charge in [0, 0.05) is 10.7 Å². The molecule has 0 spiro atoms. The minimum atomic E-state index is -0.546. The summed E-state index contributed by atoms with van der Waals surface area (Å²) in [6, 6.07) is 9.16. The minimum Gasteiger partial charge on any atom is -0.466 e. The highest BCUT2D eigenvalue weighted by Crippen LogP contribution is 2.39. The molecule has 1 N–H and O–H groups in total. The molecule has 108 valence electrons. The van der Waals surface area contributed by atoms with Crippen molar-refractivity contribution in [3.8, 4) is 6.07 Å². The van der Waals surface area contributed by atoms with E-state index < -0.39 is 11.9 Å². The topological polar surface area (TPSA) is 62.1 Å². The van der Waals surface area contributed by atoms with Crippen molar-refractivity contribution in [2.45, 2.75) is 12.8 Å². The summed E-state index contributed by atoms with van der Waals surface area (Å²) in [6.45, 7) is 1.74. The number of halogens is 1. The average molecular weight is 321 g/mol. The second-order valence-corrected chi connectivity index (χ2v) is 5.40. The number of allylic oxidation sites excluding steroid dienone is 2. The fourth-order valence-electron chi connectivity index (χ4n) is 2.33. The Balaban J connectivity index is 2.66. The summed E-state index contributed by atoms with van der Waals surface area (Å²) >= 11 is 10.3. The van der Waals surface area contributed by atoms with Crippen molar-refractivity contribution in [2.75, 3.05) is 7.11 Å². The number of hydrogen-bond acceptors (Lipinski definition) is 5. The molecule has 1 aliphatic heterocycles. The van der Waals surface area contributed by atoms with Gasteiger partial charge in [0.25, 0.3) is 0 Å². The normalized spacial score (nSPS) is 18.1. The highest BCUT2D eigenvalue weighted by molar-refractivity contribution is 7.84. The van der Waals surface area contributed by atoms with E-state index in [0.717, 1.165) is 5.56 Å². The van der Waals surface area contributed by atoms with Gasteiger partial charge >= 0.3 is 5.97 Å². The van der Waals surface area contributed by atoms with Crippen LogP contribution in [-0.2, 0) is 9.53 Å². The van der Waals surface area contributed by atoms with E-state index in [-0.39, 0.29) is 0 Å². The molecule has 0 amide bonds. The van der Waals surface area contributed by atoms with Gasteiger partial charge in [-0.25, -0.2) is 4.79 Å². The number of dihydropyridines is 1. The molecule has 0 fully saturated rings. The van der Waals surface area contributed by atoms with Crippen molar-refractivity contribution in [3.63, 3.8) is 0 Å². The number of carbonyl (C=O) groups is 1. The molecule has 0 saturated heterocycles. The first-order chi connectivity index (χ1) is 9.99. The van der Waals surface area contributed by atoms with Gasteiger partial charge in [0.2, 0.25) is 0 Å². The molecule has 0 radical (unpaired) electrons.